The number of carbonyl (C=O) groups is 2. The van der Waals surface area contributed by atoms with Gasteiger partial charge in [0.15, 0.2) is 11.6 Å². The van der Waals surface area contributed by atoms with E-state index in [1.807, 2.05) is 78.9 Å². The van der Waals surface area contributed by atoms with Gasteiger partial charge in [-0.05, 0) is 42.4 Å². The van der Waals surface area contributed by atoms with Crippen LogP contribution >= 0.6 is 0 Å². The second-order valence-corrected chi connectivity index (χ2v) is 12.6. The molecule has 0 radical (unpaired) electrons. The van der Waals surface area contributed by atoms with Gasteiger partial charge >= 0.3 is 0 Å². The zero-order valence-electron chi connectivity index (χ0n) is 24.7. The topological polar surface area (TPSA) is 80.5 Å². The molecule has 6 nitrogen and oxygen atoms in total. The van der Waals surface area contributed by atoms with Crippen LogP contribution in [0.25, 0.3) is 0 Å². The Morgan fingerprint density at radius 3 is 2.18 bits per heavy atom. The molecule has 44 heavy (non-hydrogen) atoms. The molecule has 3 aliphatic rings. The van der Waals surface area contributed by atoms with Gasteiger partial charge in [0.2, 0.25) is 0 Å². The highest BCUT2D eigenvalue weighted by molar-refractivity contribution is 6.11. The van der Waals surface area contributed by atoms with E-state index < -0.39 is 17.4 Å². The van der Waals surface area contributed by atoms with Crippen LogP contribution in [-0.4, -0.2) is 33.5 Å². The maximum absolute atomic E-state index is 15.3. The van der Waals surface area contributed by atoms with Crippen molar-refractivity contribution in [2.75, 3.05) is 0 Å². The molecule has 1 heterocycles. The van der Waals surface area contributed by atoms with Crippen LogP contribution < -0.4 is 0 Å². The van der Waals surface area contributed by atoms with E-state index in [1.54, 1.807) is 12.1 Å². The third kappa shape index (κ3) is 4.60. The molecule has 4 atom stereocenters. The van der Waals surface area contributed by atoms with Crippen LogP contribution in [0.3, 0.4) is 0 Å². The predicted molar refractivity (Wildman–Crippen MR) is 170 cm³/mol. The van der Waals surface area contributed by atoms with Crippen molar-refractivity contribution in [1.82, 2.24) is 4.90 Å². The third-order valence-corrected chi connectivity index (χ3v) is 10.4. The van der Waals surface area contributed by atoms with Crippen LogP contribution in [0.2, 0.25) is 0 Å². The highest BCUT2D eigenvalue weighted by Gasteiger charge is 2.67. The lowest BCUT2D eigenvalue weighted by atomic mass is 9.57. The molecule has 7 rings (SSSR count). The first-order chi connectivity index (χ1) is 21.5. The largest absolute Gasteiger partial charge is 0.293 e. The molecule has 1 spiro atoms. The number of rotatable bonds is 6. The number of likely N-dealkylation sites (tertiary alicyclic amines) is 1. The average Bonchev–Trinajstić information content (AvgIpc) is 3.39. The molecule has 4 aromatic rings. The molecule has 0 bridgehead atoms. The minimum Gasteiger partial charge on any atom is -0.293 e. The molecule has 1 saturated heterocycles. The fourth-order valence-electron chi connectivity index (χ4n) is 8.55. The Morgan fingerprint density at radius 1 is 0.795 bits per heavy atom. The van der Waals surface area contributed by atoms with E-state index in [1.165, 1.54) is 6.07 Å². The van der Waals surface area contributed by atoms with Gasteiger partial charge in [-0.2, -0.15) is 0 Å². The van der Waals surface area contributed by atoms with E-state index >= 15 is 9.59 Å². The summed E-state index contributed by atoms with van der Waals surface area (Å²) in [4.78, 5) is 44.4. The van der Waals surface area contributed by atoms with Crippen molar-refractivity contribution in [2.45, 2.75) is 69.0 Å². The van der Waals surface area contributed by atoms with E-state index in [9.17, 15) is 10.1 Å². The highest BCUT2D eigenvalue weighted by Crippen LogP contribution is 2.64. The molecular formula is C38H36N2O4. The molecule has 2 fully saturated rings. The molecule has 4 aromatic carbocycles. The number of nitro benzene ring substituents is 1. The standard InChI is InChI=1S/C38H36N2O4/c41-35(28-16-6-2-7-17-28)36-38(24-23-26-13-10-11-22-32(26)37(38)42)33(29-18-12-21-31(25-29)40(43)44)34(27-14-4-1-5-15-27)39(36)30-19-8-3-9-20-30/h1-2,4-7,10-18,21-22,25,30,33-34,36H,3,8-9,19-20,23-24H2/t33-,34-,36-,38+/m1/s1. The Bertz CT molecular complexity index is 1700. The number of fused-ring (bicyclic) bond motifs is 1. The number of benzene rings is 4. The van der Waals surface area contributed by atoms with E-state index in [0.29, 0.717) is 24.0 Å². The number of hydrogen-bond donors (Lipinski definition) is 0. The number of Topliss-reactive ketones (excluding diaryl/α,β-unsaturated/α-hetero) is 2. The second kappa shape index (κ2) is 11.6. The Morgan fingerprint density at radius 2 is 1.45 bits per heavy atom. The molecule has 6 heteroatoms. The van der Waals surface area contributed by atoms with Gasteiger partial charge < -0.3 is 0 Å². The van der Waals surface area contributed by atoms with Gasteiger partial charge in [-0.15, -0.1) is 0 Å². The van der Waals surface area contributed by atoms with Crippen molar-refractivity contribution in [3.8, 4) is 0 Å². The zero-order valence-corrected chi connectivity index (χ0v) is 24.7. The SMILES string of the molecule is O=C(c1ccccc1)[C@H]1N(C2CCCCC2)[C@H](c2ccccc2)[C@@H](c2cccc([N+](=O)[O-])c2)[C@@]12CCc1ccccc1C2=O. The van der Waals surface area contributed by atoms with Crippen LogP contribution in [0.15, 0.2) is 109 Å². The van der Waals surface area contributed by atoms with Crippen molar-refractivity contribution in [2.24, 2.45) is 5.41 Å². The summed E-state index contributed by atoms with van der Waals surface area (Å²) in [6.07, 6.45) is 6.34. The molecule has 2 aliphatic carbocycles. The summed E-state index contributed by atoms with van der Waals surface area (Å²) >= 11 is 0. The molecule has 0 N–H and O–H groups in total. The number of carbonyl (C=O) groups excluding carboxylic acids is 2. The van der Waals surface area contributed by atoms with Crippen molar-refractivity contribution in [3.05, 3.63) is 147 Å². The zero-order chi connectivity index (χ0) is 30.3. The molecule has 1 aliphatic heterocycles. The summed E-state index contributed by atoms with van der Waals surface area (Å²) in [6, 6.07) is 33.2. The monoisotopic (exact) mass is 584 g/mol. The van der Waals surface area contributed by atoms with Gasteiger partial charge in [-0.1, -0.05) is 116 Å². The lowest BCUT2D eigenvalue weighted by Gasteiger charge is -2.44. The number of hydrogen-bond acceptors (Lipinski definition) is 5. The Labute approximate surface area is 257 Å². The average molecular weight is 585 g/mol. The number of non-ortho nitro benzene ring substituents is 1. The fraction of sp³-hybridized carbons (Fsp3) is 0.316. The van der Waals surface area contributed by atoms with Crippen LogP contribution in [0.5, 0.6) is 0 Å². The van der Waals surface area contributed by atoms with E-state index in [4.69, 9.17) is 0 Å². The maximum atomic E-state index is 15.3. The Kier molecular flexibility index (Phi) is 7.47. The molecule has 1 saturated carbocycles. The van der Waals surface area contributed by atoms with Crippen LogP contribution in [0.4, 0.5) is 5.69 Å². The van der Waals surface area contributed by atoms with E-state index in [-0.39, 0.29) is 34.3 Å². The van der Waals surface area contributed by atoms with Crippen molar-refractivity contribution in [3.63, 3.8) is 0 Å². The number of nitro groups is 1. The maximum Gasteiger partial charge on any atom is 0.269 e. The van der Waals surface area contributed by atoms with Crippen LogP contribution in [-0.2, 0) is 6.42 Å². The van der Waals surface area contributed by atoms with Gasteiger partial charge in [0, 0.05) is 41.3 Å². The Balaban J connectivity index is 1.55. The molecule has 0 aromatic heterocycles. The molecular weight excluding hydrogens is 548 g/mol. The number of nitrogens with zero attached hydrogens (tertiary/aromatic N) is 2. The first-order valence-electron chi connectivity index (χ1n) is 15.8. The van der Waals surface area contributed by atoms with Crippen molar-refractivity contribution < 1.29 is 14.5 Å². The number of aryl methyl sites for hydroxylation is 1. The molecule has 0 amide bonds. The predicted octanol–water partition coefficient (Wildman–Crippen LogP) is 8.14. The normalized spacial score (nSPS) is 25.5. The lowest BCUT2D eigenvalue weighted by Crippen LogP contribution is -2.55. The van der Waals surface area contributed by atoms with Crippen LogP contribution in [0.1, 0.15) is 87.9 Å². The molecule has 0 unspecified atom stereocenters. The third-order valence-electron chi connectivity index (χ3n) is 10.4. The molecule has 222 valence electrons. The minimum absolute atomic E-state index is 0.00447. The van der Waals surface area contributed by atoms with Gasteiger partial charge in [0.1, 0.15) is 0 Å². The van der Waals surface area contributed by atoms with Gasteiger partial charge in [-0.25, -0.2) is 0 Å². The highest BCUT2D eigenvalue weighted by atomic mass is 16.6. The first kappa shape index (κ1) is 28.4. The Hall–Kier alpha value is -4.42. The summed E-state index contributed by atoms with van der Waals surface area (Å²) in [6.45, 7) is 0. The summed E-state index contributed by atoms with van der Waals surface area (Å²) in [5.74, 6) is -0.535. The smallest absolute Gasteiger partial charge is 0.269 e. The van der Waals surface area contributed by atoms with E-state index in [0.717, 1.165) is 48.8 Å². The number of ketones is 2. The van der Waals surface area contributed by atoms with Gasteiger partial charge in [-0.3, -0.25) is 24.6 Å². The second-order valence-electron chi connectivity index (χ2n) is 12.6. The van der Waals surface area contributed by atoms with Crippen molar-refractivity contribution >= 4 is 17.3 Å². The quantitative estimate of drug-likeness (QED) is 0.130. The van der Waals surface area contributed by atoms with Gasteiger partial charge in [0.05, 0.1) is 16.4 Å². The van der Waals surface area contributed by atoms with Crippen molar-refractivity contribution in [1.29, 1.82) is 0 Å². The minimum atomic E-state index is -1.12. The van der Waals surface area contributed by atoms with Gasteiger partial charge in [0.25, 0.3) is 5.69 Å². The summed E-state index contributed by atoms with van der Waals surface area (Å²) in [7, 11) is 0. The summed E-state index contributed by atoms with van der Waals surface area (Å²) < 4.78 is 0. The van der Waals surface area contributed by atoms with Crippen LogP contribution in [0, 0.1) is 15.5 Å². The first-order valence-corrected chi connectivity index (χ1v) is 15.8. The fourth-order valence-corrected chi connectivity index (χ4v) is 8.55. The summed E-state index contributed by atoms with van der Waals surface area (Å²) in [5.41, 5.74) is 2.91. The summed E-state index contributed by atoms with van der Waals surface area (Å²) in [5, 5.41) is 12.1. The van der Waals surface area contributed by atoms with E-state index in [2.05, 4.69) is 17.0 Å². The lowest BCUT2D eigenvalue weighted by molar-refractivity contribution is -0.384.